The molecule has 0 radical (unpaired) electrons. The van der Waals surface area contributed by atoms with Crippen LogP contribution in [0.2, 0.25) is 10.0 Å². The second-order valence-corrected chi connectivity index (χ2v) is 7.34. The lowest BCUT2D eigenvalue weighted by molar-refractivity contribution is -0.121. The summed E-state index contributed by atoms with van der Waals surface area (Å²) in [5, 5.41) is 7.89. The third-order valence-electron chi connectivity index (χ3n) is 4.48. The Morgan fingerprint density at radius 2 is 1.89 bits per heavy atom. The van der Waals surface area contributed by atoms with Crippen molar-refractivity contribution >= 4 is 29.1 Å². The van der Waals surface area contributed by atoms with Crippen LogP contribution >= 0.6 is 23.2 Å². The lowest BCUT2D eigenvalue weighted by atomic mass is 10.1. The van der Waals surface area contributed by atoms with E-state index in [4.69, 9.17) is 27.7 Å². The Hall–Kier alpha value is -2.37. The normalized spacial score (nSPS) is 12.0. The van der Waals surface area contributed by atoms with Crippen molar-refractivity contribution in [3.63, 3.8) is 0 Å². The number of amides is 1. The molecule has 0 fully saturated rings. The lowest BCUT2D eigenvalue weighted by Gasteiger charge is -2.14. The number of halogens is 2. The molecule has 3 rings (SSSR count). The van der Waals surface area contributed by atoms with E-state index in [1.54, 1.807) is 12.1 Å². The SMILES string of the molecule is CCc1ccc(-c2noc(CCC(=O)NC(C)c3ccc(Cl)c(Cl)c3)n2)cc1. The Bertz CT molecular complexity index is 955. The number of aryl methyl sites for hydroxylation is 2. The number of nitrogens with one attached hydrogen (secondary N) is 1. The summed E-state index contributed by atoms with van der Waals surface area (Å²) in [4.78, 5) is 16.6. The van der Waals surface area contributed by atoms with E-state index in [-0.39, 0.29) is 18.4 Å². The van der Waals surface area contributed by atoms with Crippen LogP contribution in [0.25, 0.3) is 11.4 Å². The van der Waals surface area contributed by atoms with Crippen LogP contribution in [0.15, 0.2) is 47.0 Å². The van der Waals surface area contributed by atoms with Crippen molar-refractivity contribution in [2.45, 2.75) is 39.2 Å². The maximum Gasteiger partial charge on any atom is 0.227 e. The van der Waals surface area contributed by atoms with Gasteiger partial charge in [0.2, 0.25) is 17.6 Å². The molecule has 1 amide bonds. The number of rotatable bonds is 7. The number of aromatic nitrogens is 2. The van der Waals surface area contributed by atoms with E-state index >= 15 is 0 Å². The highest BCUT2D eigenvalue weighted by Crippen LogP contribution is 2.25. The van der Waals surface area contributed by atoms with E-state index in [1.165, 1.54) is 5.56 Å². The van der Waals surface area contributed by atoms with Gasteiger partial charge in [0.15, 0.2) is 0 Å². The maximum atomic E-state index is 12.2. The van der Waals surface area contributed by atoms with Crippen molar-refractivity contribution in [2.75, 3.05) is 0 Å². The fourth-order valence-electron chi connectivity index (χ4n) is 2.76. The van der Waals surface area contributed by atoms with Gasteiger partial charge in [-0.05, 0) is 36.6 Å². The van der Waals surface area contributed by atoms with E-state index < -0.39 is 0 Å². The van der Waals surface area contributed by atoms with Gasteiger partial charge in [0.25, 0.3) is 0 Å². The molecule has 0 spiro atoms. The molecular weight excluding hydrogens is 397 g/mol. The van der Waals surface area contributed by atoms with Crippen molar-refractivity contribution in [1.82, 2.24) is 15.5 Å². The zero-order chi connectivity index (χ0) is 20.1. The topological polar surface area (TPSA) is 68.0 Å². The van der Waals surface area contributed by atoms with Crippen LogP contribution in [0.1, 0.15) is 43.3 Å². The summed E-state index contributed by atoms with van der Waals surface area (Å²) in [6, 6.07) is 13.2. The molecule has 5 nitrogen and oxygen atoms in total. The van der Waals surface area contributed by atoms with E-state index in [0.717, 1.165) is 17.5 Å². The zero-order valence-electron chi connectivity index (χ0n) is 15.7. The Morgan fingerprint density at radius 1 is 1.14 bits per heavy atom. The Kier molecular flexibility index (Phi) is 6.70. The molecule has 1 atom stereocenters. The van der Waals surface area contributed by atoms with Gasteiger partial charge in [-0.15, -0.1) is 0 Å². The maximum absolute atomic E-state index is 12.2. The third-order valence-corrected chi connectivity index (χ3v) is 5.21. The van der Waals surface area contributed by atoms with Crippen molar-refractivity contribution in [3.05, 3.63) is 69.5 Å². The molecular formula is C21H21Cl2N3O2. The third kappa shape index (κ3) is 5.12. The standard InChI is InChI=1S/C21H21Cl2N3O2/c1-3-14-4-6-15(7-5-14)21-25-20(28-26-21)11-10-19(27)24-13(2)16-8-9-17(22)18(23)12-16/h4-9,12-13H,3,10-11H2,1-2H3,(H,24,27). The summed E-state index contributed by atoms with van der Waals surface area (Å²) in [6.07, 6.45) is 1.61. The van der Waals surface area contributed by atoms with Crippen molar-refractivity contribution in [1.29, 1.82) is 0 Å². The molecule has 0 aliphatic heterocycles. The Balaban J connectivity index is 1.54. The van der Waals surface area contributed by atoms with Gasteiger partial charge in [-0.3, -0.25) is 4.79 Å². The number of hydrogen-bond acceptors (Lipinski definition) is 4. The van der Waals surface area contributed by atoms with Gasteiger partial charge in [0.1, 0.15) is 0 Å². The molecule has 3 aromatic rings. The molecule has 28 heavy (non-hydrogen) atoms. The minimum Gasteiger partial charge on any atom is -0.350 e. The number of hydrogen-bond donors (Lipinski definition) is 1. The minimum atomic E-state index is -0.183. The summed E-state index contributed by atoms with van der Waals surface area (Å²) in [5.74, 6) is 0.861. The van der Waals surface area contributed by atoms with Crippen LogP contribution in [-0.4, -0.2) is 16.0 Å². The summed E-state index contributed by atoms with van der Waals surface area (Å²) in [5.41, 5.74) is 3.03. The van der Waals surface area contributed by atoms with Crippen molar-refractivity contribution < 1.29 is 9.32 Å². The molecule has 0 saturated carbocycles. The highest BCUT2D eigenvalue weighted by molar-refractivity contribution is 6.42. The molecule has 1 N–H and O–H groups in total. The number of carbonyl (C=O) groups excluding carboxylic acids is 1. The van der Waals surface area contributed by atoms with Gasteiger partial charge in [-0.1, -0.05) is 65.6 Å². The molecule has 0 aliphatic carbocycles. The van der Waals surface area contributed by atoms with E-state index in [0.29, 0.717) is 28.2 Å². The number of nitrogens with zero attached hydrogens (tertiary/aromatic N) is 2. The van der Waals surface area contributed by atoms with Gasteiger partial charge in [-0.2, -0.15) is 4.98 Å². The molecule has 0 aliphatic rings. The minimum absolute atomic E-state index is 0.106. The fraction of sp³-hybridized carbons (Fsp3) is 0.286. The predicted molar refractivity (Wildman–Crippen MR) is 110 cm³/mol. The van der Waals surface area contributed by atoms with Gasteiger partial charge in [0.05, 0.1) is 16.1 Å². The first-order chi connectivity index (χ1) is 13.5. The first-order valence-electron chi connectivity index (χ1n) is 9.12. The van der Waals surface area contributed by atoms with Crippen LogP contribution in [0.3, 0.4) is 0 Å². The van der Waals surface area contributed by atoms with Gasteiger partial charge >= 0.3 is 0 Å². The lowest BCUT2D eigenvalue weighted by Crippen LogP contribution is -2.26. The summed E-state index contributed by atoms with van der Waals surface area (Å²) in [6.45, 7) is 4.00. The summed E-state index contributed by atoms with van der Waals surface area (Å²) < 4.78 is 5.27. The molecule has 7 heteroatoms. The molecule has 1 heterocycles. The van der Waals surface area contributed by atoms with Gasteiger partial charge in [-0.25, -0.2) is 0 Å². The van der Waals surface area contributed by atoms with Crippen LogP contribution < -0.4 is 5.32 Å². The van der Waals surface area contributed by atoms with Crippen molar-refractivity contribution in [2.24, 2.45) is 0 Å². The average Bonchev–Trinajstić information content (AvgIpc) is 3.17. The predicted octanol–water partition coefficient (Wildman–Crippen LogP) is 5.42. The number of benzene rings is 2. The molecule has 146 valence electrons. The Labute approximate surface area is 174 Å². The second kappa shape index (κ2) is 9.22. The summed E-state index contributed by atoms with van der Waals surface area (Å²) in [7, 11) is 0. The highest BCUT2D eigenvalue weighted by Gasteiger charge is 2.14. The molecule has 0 saturated heterocycles. The first-order valence-corrected chi connectivity index (χ1v) is 9.88. The molecule has 2 aromatic carbocycles. The van der Waals surface area contributed by atoms with E-state index in [1.807, 2.05) is 37.3 Å². The largest absolute Gasteiger partial charge is 0.350 e. The highest BCUT2D eigenvalue weighted by atomic mass is 35.5. The van der Waals surface area contributed by atoms with E-state index in [9.17, 15) is 4.79 Å². The molecule has 0 bridgehead atoms. The van der Waals surface area contributed by atoms with Crippen LogP contribution in [0.5, 0.6) is 0 Å². The van der Waals surface area contributed by atoms with Gasteiger partial charge in [0, 0.05) is 18.4 Å². The van der Waals surface area contributed by atoms with Crippen molar-refractivity contribution in [3.8, 4) is 11.4 Å². The Morgan fingerprint density at radius 3 is 2.57 bits per heavy atom. The zero-order valence-corrected chi connectivity index (χ0v) is 17.2. The number of carbonyl (C=O) groups is 1. The monoisotopic (exact) mass is 417 g/mol. The average molecular weight is 418 g/mol. The summed E-state index contributed by atoms with van der Waals surface area (Å²) >= 11 is 12.0. The van der Waals surface area contributed by atoms with E-state index in [2.05, 4.69) is 22.4 Å². The van der Waals surface area contributed by atoms with Gasteiger partial charge < -0.3 is 9.84 Å². The fourth-order valence-corrected chi connectivity index (χ4v) is 3.07. The quantitative estimate of drug-likeness (QED) is 0.557. The molecule has 1 aromatic heterocycles. The first kappa shape index (κ1) is 20.4. The van der Waals surface area contributed by atoms with Crippen LogP contribution in [0.4, 0.5) is 0 Å². The van der Waals surface area contributed by atoms with Crippen LogP contribution in [-0.2, 0) is 17.6 Å². The van der Waals surface area contributed by atoms with Crippen LogP contribution in [0, 0.1) is 0 Å². The molecule has 1 unspecified atom stereocenters. The smallest absolute Gasteiger partial charge is 0.227 e. The second-order valence-electron chi connectivity index (χ2n) is 6.52.